The lowest BCUT2D eigenvalue weighted by atomic mass is 9.74. The van der Waals surface area contributed by atoms with Gasteiger partial charge in [0.15, 0.2) is 0 Å². The third kappa shape index (κ3) is 3.78. The zero-order valence-corrected chi connectivity index (χ0v) is 16.1. The van der Waals surface area contributed by atoms with Crippen LogP contribution in [0.15, 0.2) is 24.3 Å². The Morgan fingerprint density at radius 2 is 1.75 bits per heavy atom. The summed E-state index contributed by atoms with van der Waals surface area (Å²) in [7, 11) is 0. The van der Waals surface area contributed by atoms with Crippen LogP contribution < -0.4 is 10.6 Å². The molecule has 7 heteroatoms. The summed E-state index contributed by atoms with van der Waals surface area (Å²) in [5.74, 6) is -0.0733. The summed E-state index contributed by atoms with van der Waals surface area (Å²) in [5.41, 5.74) is -0.0798. The van der Waals surface area contributed by atoms with Crippen LogP contribution >= 0.6 is 0 Å². The van der Waals surface area contributed by atoms with E-state index in [2.05, 4.69) is 10.6 Å². The van der Waals surface area contributed by atoms with Crippen molar-refractivity contribution in [2.75, 3.05) is 32.8 Å². The second-order valence-corrected chi connectivity index (χ2v) is 8.20. The maximum Gasteiger partial charge on any atom is 0.325 e. The number of halogens is 1. The number of urea groups is 1. The van der Waals surface area contributed by atoms with Gasteiger partial charge in [0.1, 0.15) is 11.4 Å². The van der Waals surface area contributed by atoms with Gasteiger partial charge in [-0.05, 0) is 68.3 Å². The van der Waals surface area contributed by atoms with Crippen molar-refractivity contribution in [1.82, 2.24) is 15.5 Å². The lowest BCUT2D eigenvalue weighted by Crippen LogP contribution is -2.57. The van der Waals surface area contributed by atoms with E-state index < -0.39 is 5.54 Å². The summed E-state index contributed by atoms with van der Waals surface area (Å²) < 4.78 is 18.7. The lowest BCUT2D eigenvalue weighted by Gasteiger charge is -2.38. The quantitative estimate of drug-likeness (QED) is 0.757. The molecule has 0 spiro atoms. The summed E-state index contributed by atoms with van der Waals surface area (Å²) in [6.07, 6.45) is 3.80. The molecule has 152 valence electrons. The standard InChI is InChI=1S/C21H28FN3O3/c22-18-3-1-15(2-4-18)13-21(17-5-9-23-10-6-17)19(26)25(20(27)24-21)14-16-7-11-28-12-8-16/h1-4,16-17,23H,5-14H2,(H,24,27)/t21-/m0/s1. The predicted octanol–water partition coefficient (Wildman–Crippen LogP) is 2.08. The maximum absolute atomic E-state index is 13.6. The zero-order valence-electron chi connectivity index (χ0n) is 16.1. The molecule has 3 fully saturated rings. The molecule has 3 amide bonds. The first kappa shape index (κ1) is 19.3. The summed E-state index contributed by atoms with van der Waals surface area (Å²) in [4.78, 5) is 27.9. The summed E-state index contributed by atoms with van der Waals surface area (Å²) in [5, 5.41) is 6.40. The number of nitrogens with one attached hydrogen (secondary N) is 2. The average Bonchev–Trinajstić information content (AvgIpc) is 2.96. The molecule has 4 rings (SSSR count). The Kier molecular flexibility index (Phi) is 5.64. The second-order valence-electron chi connectivity index (χ2n) is 8.20. The molecule has 0 radical (unpaired) electrons. The fraction of sp³-hybridized carbons (Fsp3) is 0.619. The Hall–Kier alpha value is -1.99. The molecule has 3 aliphatic heterocycles. The van der Waals surface area contributed by atoms with E-state index in [0.29, 0.717) is 26.2 Å². The van der Waals surface area contributed by atoms with Crippen molar-refractivity contribution in [1.29, 1.82) is 0 Å². The van der Waals surface area contributed by atoms with Crippen molar-refractivity contribution in [3.8, 4) is 0 Å². The molecule has 3 saturated heterocycles. The number of hydrogen-bond acceptors (Lipinski definition) is 4. The molecule has 0 aliphatic carbocycles. The van der Waals surface area contributed by atoms with Crippen LogP contribution in [0.5, 0.6) is 0 Å². The monoisotopic (exact) mass is 389 g/mol. The fourth-order valence-electron chi connectivity index (χ4n) is 4.78. The van der Waals surface area contributed by atoms with E-state index in [-0.39, 0.29) is 29.6 Å². The number of imide groups is 1. The van der Waals surface area contributed by atoms with E-state index in [9.17, 15) is 14.0 Å². The molecule has 2 N–H and O–H groups in total. The smallest absolute Gasteiger partial charge is 0.325 e. The number of amides is 3. The molecule has 1 aromatic rings. The maximum atomic E-state index is 13.6. The number of hydrogen-bond donors (Lipinski definition) is 2. The molecule has 0 aromatic heterocycles. The predicted molar refractivity (Wildman–Crippen MR) is 102 cm³/mol. The Morgan fingerprint density at radius 3 is 2.43 bits per heavy atom. The van der Waals surface area contributed by atoms with Crippen LogP contribution in [0.1, 0.15) is 31.2 Å². The van der Waals surface area contributed by atoms with E-state index in [0.717, 1.165) is 44.3 Å². The number of ether oxygens (including phenoxy) is 1. The Morgan fingerprint density at radius 1 is 1.07 bits per heavy atom. The highest BCUT2D eigenvalue weighted by Crippen LogP contribution is 2.36. The van der Waals surface area contributed by atoms with E-state index in [1.54, 1.807) is 12.1 Å². The highest BCUT2D eigenvalue weighted by molar-refractivity contribution is 6.07. The summed E-state index contributed by atoms with van der Waals surface area (Å²) in [6, 6.07) is 5.94. The number of carbonyl (C=O) groups is 2. The Labute approximate surface area is 164 Å². The first-order valence-electron chi connectivity index (χ1n) is 10.3. The highest BCUT2D eigenvalue weighted by atomic mass is 19.1. The summed E-state index contributed by atoms with van der Waals surface area (Å²) >= 11 is 0. The minimum absolute atomic E-state index is 0.0648. The largest absolute Gasteiger partial charge is 0.381 e. The molecule has 0 bridgehead atoms. The van der Waals surface area contributed by atoms with E-state index in [1.165, 1.54) is 17.0 Å². The minimum Gasteiger partial charge on any atom is -0.381 e. The molecule has 6 nitrogen and oxygen atoms in total. The van der Waals surface area contributed by atoms with Gasteiger partial charge in [-0.15, -0.1) is 0 Å². The fourth-order valence-corrected chi connectivity index (χ4v) is 4.78. The van der Waals surface area contributed by atoms with Crippen molar-refractivity contribution >= 4 is 11.9 Å². The van der Waals surface area contributed by atoms with Crippen LogP contribution in [0.4, 0.5) is 9.18 Å². The van der Waals surface area contributed by atoms with Gasteiger partial charge in [-0.2, -0.15) is 0 Å². The van der Waals surface area contributed by atoms with Crippen LogP contribution in [0.25, 0.3) is 0 Å². The first-order valence-corrected chi connectivity index (χ1v) is 10.3. The van der Waals surface area contributed by atoms with Gasteiger partial charge in [0.25, 0.3) is 5.91 Å². The average molecular weight is 389 g/mol. The number of benzene rings is 1. The minimum atomic E-state index is -0.942. The molecular formula is C21H28FN3O3. The normalized spacial score (nSPS) is 27.2. The molecule has 3 heterocycles. The highest BCUT2D eigenvalue weighted by Gasteiger charge is 2.55. The lowest BCUT2D eigenvalue weighted by molar-refractivity contribution is -0.134. The molecule has 0 unspecified atom stereocenters. The zero-order chi connectivity index (χ0) is 19.6. The van der Waals surface area contributed by atoms with Crippen molar-refractivity contribution in [2.24, 2.45) is 11.8 Å². The molecular weight excluding hydrogens is 361 g/mol. The van der Waals surface area contributed by atoms with Crippen molar-refractivity contribution in [2.45, 2.75) is 37.6 Å². The number of piperidine rings is 1. The van der Waals surface area contributed by atoms with Crippen LogP contribution in [0.3, 0.4) is 0 Å². The van der Waals surface area contributed by atoms with Crippen LogP contribution in [0, 0.1) is 17.7 Å². The molecule has 28 heavy (non-hydrogen) atoms. The van der Waals surface area contributed by atoms with Gasteiger partial charge in [0.2, 0.25) is 0 Å². The Bertz CT molecular complexity index is 714. The number of carbonyl (C=O) groups excluding carboxylic acids is 2. The van der Waals surface area contributed by atoms with Gasteiger partial charge in [0.05, 0.1) is 0 Å². The molecule has 1 atom stereocenters. The van der Waals surface area contributed by atoms with Gasteiger partial charge in [-0.1, -0.05) is 12.1 Å². The molecule has 3 aliphatic rings. The van der Waals surface area contributed by atoms with E-state index >= 15 is 0 Å². The van der Waals surface area contributed by atoms with E-state index in [1.807, 2.05) is 0 Å². The molecule has 1 aromatic carbocycles. The van der Waals surface area contributed by atoms with Gasteiger partial charge in [-0.3, -0.25) is 9.69 Å². The van der Waals surface area contributed by atoms with Crippen molar-refractivity contribution in [3.05, 3.63) is 35.6 Å². The van der Waals surface area contributed by atoms with Gasteiger partial charge in [-0.25, -0.2) is 9.18 Å². The van der Waals surface area contributed by atoms with E-state index in [4.69, 9.17) is 4.74 Å². The SMILES string of the molecule is O=C1N[C@@](Cc2ccc(F)cc2)(C2CCNCC2)C(=O)N1CC1CCOCC1. The van der Waals surface area contributed by atoms with Crippen molar-refractivity contribution < 1.29 is 18.7 Å². The number of nitrogens with zero attached hydrogens (tertiary/aromatic N) is 1. The topological polar surface area (TPSA) is 70.7 Å². The first-order chi connectivity index (χ1) is 13.6. The summed E-state index contributed by atoms with van der Waals surface area (Å²) in [6.45, 7) is 3.48. The van der Waals surface area contributed by atoms with Crippen LogP contribution in [-0.4, -0.2) is 55.2 Å². The van der Waals surface area contributed by atoms with Crippen LogP contribution in [-0.2, 0) is 16.0 Å². The third-order valence-electron chi connectivity index (χ3n) is 6.42. The van der Waals surface area contributed by atoms with Gasteiger partial charge in [0, 0.05) is 26.2 Å². The molecule has 0 saturated carbocycles. The van der Waals surface area contributed by atoms with Gasteiger partial charge >= 0.3 is 6.03 Å². The second kappa shape index (κ2) is 8.17. The third-order valence-corrected chi connectivity index (χ3v) is 6.42. The van der Waals surface area contributed by atoms with Crippen molar-refractivity contribution in [3.63, 3.8) is 0 Å². The van der Waals surface area contributed by atoms with Crippen LogP contribution in [0.2, 0.25) is 0 Å². The Balaban J connectivity index is 1.59. The number of rotatable bonds is 5. The van der Waals surface area contributed by atoms with Gasteiger partial charge < -0.3 is 15.4 Å².